The fourth-order valence-electron chi connectivity index (χ4n) is 3.62. The maximum absolute atomic E-state index is 13.2. The number of ether oxygens (including phenoxy) is 1. The predicted octanol–water partition coefficient (Wildman–Crippen LogP) is 3.31. The van der Waals surface area contributed by atoms with Gasteiger partial charge in [0.15, 0.2) is 0 Å². The average molecular weight is 510 g/mol. The molecule has 8 heteroatoms. The molecule has 3 heterocycles. The number of rotatable bonds is 5. The van der Waals surface area contributed by atoms with E-state index in [1.165, 1.54) is 21.1 Å². The Bertz CT molecular complexity index is 878. The first-order valence-corrected chi connectivity index (χ1v) is 11.1. The maximum Gasteiger partial charge on any atom is 0.264 e. The average Bonchev–Trinajstić information content (AvgIpc) is 3.43. The first kappa shape index (κ1) is 19.5. The third kappa shape index (κ3) is 3.85. The van der Waals surface area contributed by atoms with Gasteiger partial charge < -0.3 is 9.64 Å². The number of carbonyl (C=O) groups excluding carboxylic acids is 3. The van der Waals surface area contributed by atoms with Crippen molar-refractivity contribution >= 4 is 57.3 Å². The summed E-state index contributed by atoms with van der Waals surface area (Å²) in [6, 6.07) is 9.97. The smallest absolute Gasteiger partial charge is 0.264 e. The van der Waals surface area contributed by atoms with Crippen LogP contribution in [0.2, 0.25) is 0 Å². The summed E-state index contributed by atoms with van der Waals surface area (Å²) in [7, 11) is 0. The summed E-state index contributed by atoms with van der Waals surface area (Å²) < 4.78 is 6.71. The van der Waals surface area contributed by atoms with Gasteiger partial charge in [-0.1, -0.05) is 6.07 Å². The van der Waals surface area contributed by atoms with Crippen molar-refractivity contribution in [1.29, 1.82) is 0 Å². The van der Waals surface area contributed by atoms with Crippen LogP contribution in [0.25, 0.3) is 0 Å². The maximum atomic E-state index is 13.2. The number of benzene rings is 1. The lowest BCUT2D eigenvalue weighted by atomic mass is 10.1. The molecule has 1 aromatic carbocycles. The third-order valence-electron chi connectivity index (χ3n) is 5.00. The molecule has 0 radical (unpaired) electrons. The number of halogens is 1. The molecule has 2 aliphatic rings. The van der Waals surface area contributed by atoms with Gasteiger partial charge in [0.05, 0.1) is 23.1 Å². The van der Waals surface area contributed by atoms with Gasteiger partial charge in [-0.3, -0.25) is 14.4 Å². The largest absolute Gasteiger partial charge is 0.376 e. The highest BCUT2D eigenvalue weighted by Gasteiger charge is 2.45. The Labute approximate surface area is 180 Å². The van der Waals surface area contributed by atoms with Crippen LogP contribution in [-0.2, 0) is 14.3 Å². The summed E-state index contributed by atoms with van der Waals surface area (Å²) in [6.07, 6.45) is 1.69. The first-order valence-electron chi connectivity index (χ1n) is 9.13. The summed E-state index contributed by atoms with van der Waals surface area (Å²) in [4.78, 5) is 42.2. The molecule has 0 saturated carbocycles. The molecule has 2 atom stereocenters. The Hall–Kier alpha value is -1.78. The molecular formula is C20H19IN2O4S. The van der Waals surface area contributed by atoms with Crippen LogP contribution in [0.15, 0.2) is 41.8 Å². The van der Waals surface area contributed by atoms with Crippen LogP contribution < -0.4 is 4.90 Å². The molecule has 6 nitrogen and oxygen atoms in total. The van der Waals surface area contributed by atoms with E-state index in [-0.39, 0.29) is 30.2 Å². The molecule has 2 unspecified atom stereocenters. The Morgan fingerprint density at radius 1 is 1.25 bits per heavy atom. The number of hydrogen-bond acceptors (Lipinski definition) is 5. The fraction of sp³-hybridized carbons (Fsp3) is 0.350. The van der Waals surface area contributed by atoms with Crippen molar-refractivity contribution in [3.8, 4) is 0 Å². The van der Waals surface area contributed by atoms with Crippen molar-refractivity contribution in [3.05, 3.63) is 50.2 Å². The summed E-state index contributed by atoms with van der Waals surface area (Å²) >= 11 is 3.51. The van der Waals surface area contributed by atoms with E-state index in [4.69, 9.17) is 4.74 Å². The van der Waals surface area contributed by atoms with Gasteiger partial charge >= 0.3 is 0 Å². The minimum absolute atomic E-state index is 0.00530. The van der Waals surface area contributed by atoms with E-state index < -0.39 is 6.04 Å². The van der Waals surface area contributed by atoms with Gasteiger partial charge in [0.25, 0.3) is 11.8 Å². The fourth-order valence-corrected chi connectivity index (χ4v) is 4.66. The van der Waals surface area contributed by atoms with Gasteiger partial charge in [0, 0.05) is 16.7 Å². The van der Waals surface area contributed by atoms with Gasteiger partial charge in [-0.05, 0) is 71.1 Å². The standard InChI is InChI=1S/C20H19IN2O4S/c21-13-5-7-14(8-6-13)23-18(24)11-16(19(23)25)22(12-15-3-1-9-27-15)20(26)17-4-2-10-28-17/h2,4-8,10,15-16H,1,3,9,11-12H2. The topological polar surface area (TPSA) is 66.9 Å². The minimum Gasteiger partial charge on any atom is -0.376 e. The second kappa shape index (κ2) is 8.30. The molecule has 2 aromatic rings. The summed E-state index contributed by atoms with van der Waals surface area (Å²) in [5, 5.41) is 1.83. The second-order valence-electron chi connectivity index (χ2n) is 6.83. The number of thiophene rings is 1. The molecule has 1 aromatic heterocycles. The minimum atomic E-state index is -0.800. The molecule has 146 valence electrons. The predicted molar refractivity (Wildman–Crippen MR) is 114 cm³/mol. The van der Waals surface area contributed by atoms with Crippen LogP contribution >= 0.6 is 33.9 Å². The summed E-state index contributed by atoms with van der Waals surface area (Å²) in [6.45, 7) is 0.985. The van der Waals surface area contributed by atoms with E-state index in [2.05, 4.69) is 22.6 Å². The third-order valence-corrected chi connectivity index (χ3v) is 6.58. The van der Waals surface area contributed by atoms with Crippen molar-refractivity contribution in [1.82, 2.24) is 4.90 Å². The van der Waals surface area contributed by atoms with Crippen molar-refractivity contribution in [2.45, 2.75) is 31.4 Å². The molecule has 2 aliphatic heterocycles. The monoisotopic (exact) mass is 510 g/mol. The van der Waals surface area contributed by atoms with Crippen LogP contribution in [-0.4, -0.2) is 47.9 Å². The molecule has 28 heavy (non-hydrogen) atoms. The Morgan fingerprint density at radius 3 is 2.68 bits per heavy atom. The molecule has 4 rings (SSSR count). The molecule has 3 amide bonds. The van der Waals surface area contributed by atoms with E-state index in [0.29, 0.717) is 23.7 Å². The van der Waals surface area contributed by atoms with Crippen molar-refractivity contribution in [3.63, 3.8) is 0 Å². The molecule has 0 spiro atoms. The highest BCUT2D eigenvalue weighted by atomic mass is 127. The van der Waals surface area contributed by atoms with Gasteiger partial charge in [-0.25, -0.2) is 4.90 Å². The summed E-state index contributed by atoms with van der Waals surface area (Å²) in [5.74, 6) is -0.859. The van der Waals surface area contributed by atoms with Crippen LogP contribution in [0.4, 0.5) is 5.69 Å². The number of anilines is 1. The Morgan fingerprint density at radius 2 is 2.04 bits per heavy atom. The number of amides is 3. The molecule has 0 aliphatic carbocycles. The van der Waals surface area contributed by atoms with E-state index >= 15 is 0 Å². The van der Waals surface area contributed by atoms with Crippen LogP contribution in [0.5, 0.6) is 0 Å². The molecule has 0 bridgehead atoms. The Balaban J connectivity index is 1.61. The second-order valence-corrected chi connectivity index (χ2v) is 9.03. The summed E-state index contributed by atoms with van der Waals surface area (Å²) in [5.41, 5.74) is 0.540. The van der Waals surface area contributed by atoms with E-state index in [9.17, 15) is 14.4 Å². The number of hydrogen-bond donors (Lipinski definition) is 0. The Kier molecular flexibility index (Phi) is 5.79. The lowest BCUT2D eigenvalue weighted by Gasteiger charge is -2.29. The lowest BCUT2D eigenvalue weighted by molar-refractivity contribution is -0.122. The van der Waals surface area contributed by atoms with Crippen molar-refractivity contribution in [2.24, 2.45) is 0 Å². The number of imide groups is 1. The van der Waals surface area contributed by atoms with Gasteiger partial charge in [-0.15, -0.1) is 11.3 Å². The number of carbonyl (C=O) groups is 3. The first-order chi connectivity index (χ1) is 13.5. The van der Waals surface area contributed by atoms with Crippen molar-refractivity contribution < 1.29 is 19.1 Å². The van der Waals surface area contributed by atoms with Gasteiger partial charge in [0.2, 0.25) is 5.91 Å². The van der Waals surface area contributed by atoms with Crippen LogP contribution in [0.3, 0.4) is 0 Å². The highest BCUT2D eigenvalue weighted by molar-refractivity contribution is 14.1. The zero-order chi connectivity index (χ0) is 19.7. The molecule has 2 fully saturated rings. The molecule has 0 N–H and O–H groups in total. The SMILES string of the molecule is O=C1CC(N(CC2CCCO2)C(=O)c2cccs2)C(=O)N1c1ccc(I)cc1. The zero-order valence-corrected chi connectivity index (χ0v) is 18.0. The van der Waals surface area contributed by atoms with E-state index in [0.717, 1.165) is 16.4 Å². The van der Waals surface area contributed by atoms with E-state index in [1.54, 1.807) is 18.2 Å². The molecular weight excluding hydrogens is 491 g/mol. The quantitative estimate of drug-likeness (QED) is 0.458. The zero-order valence-electron chi connectivity index (χ0n) is 15.0. The van der Waals surface area contributed by atoms with Gasteiger partial charge in [0.1, 0.15) is 6.04 Å². The van der Waals surface area contributed by atoms with Crippen LogP contribution in [0, 0.1) is 3.57 Å². The number of nitrogens with zero attached hydrogens (tertiary/aromatic N) is 2. The normalized spacial score (nSPS) is 22.1. The van der Waals surface area contributed by atoms with Crippen LogP contribution in [0.1, 0.15) is 28.9 Å². The van der Waals surface area contributed by atoms with Gasteiger partial charge in [-0.2, -0.15) is 0 Å². The lowest BCUT2D eigenvalue weighted by Crippen LogP contribution is -2.48. The van der Waals surface area contributed by atoms with Crippen molar-refractivity contribution in [2.75, 3.05) is 18.1 Å². The molecule has 2 saturated heterocycles. The highest BCUT2D eigenvalue weighted by Crippen LogP contribution is 2.29. The van der Waals surface area contributed by atoms with E-state index in [1.807, 2.05) is 23.6 Å².